The number of esters is 1. The van der Waals surface area contributed by atoms with Crippen LogP contribution in [0.5, 0.6) is 0 Å². The van der Waals surface area contributed by atoms with E-state index in [-0.39, 0.29) is 10.9 Å². The first-order valence-corrected chi connectivity index (χ1v) is 12.6. The highest BCUT2D eigenvalue weighted by atomic mass is 32.2. The number of thiophene rings is 1. The van der Waals surface area contributed by atoms with Gasteiger partial charge in [0.15, 0.2) is 5.11 Å². The molecule has 0 saturated heterocycles. The molecule has 0 spiro atoms. The Morgan fingerprint density at radius 1 is 1.13 bits per heavy atom. The van der Waals surface area contributed by atoms with Gasteiger partial charge in [-0.05, 0) is 74.7 Å². The fourth-order valence-corrected chi connectivity index (χ4v) is 5.50. The van der Waals surface area contributed by atoms with E-state index in [9.17, 15) is 13.2 Å². The van der Waals surface area contributed by atoms with E-state index in [0.29, 0.717) is 28.0 Å². The fraction of sp³-hybridized carbons (Fsp3) is 0.400. The SMILES string of the molecule is CCOC(=O)c1c(NC(=S)Nc2ccc(S(N)(=O)=O)cc2)sc2c1CCCCCC2. The van der Waals surface area contributed by atoms with E-state index < -0.39 is 10.0 Å². The lowest BCUT2D eigenvalue weighted by Crippen LogP contribution is -2.20. The van der Waals surface area contributed by atoms with Crippen LogP contribution in [0.4, 0.5) is 10.7 Å². The minimum absolute atomic E-state index is 0.0228. The van der Waals surface area contributed by atoms with E-state index in [0.717, 1.165) is 37.7 Å². The van der Waals surface area contributed by atoms with Gasteiger partial charge in [-0.1, -0.05) is 12.8 Å². The molecule has 0 amide bonds. The van der Waals surface area contributed by atoms with E-state index >= 15 is 0 Å². The predicted molar refractivity (Wildman–Crippen MR) is 124 cm³/mol. The fourth-order valence-electron chi connectivity index (χ4n) is 3.42. The lowest BCUT2D eigenvalue weighted by atomic mass is 9.96. The third-order valence-electron chi connectivity index (χ3n) is 4.82. The minimum atomic E-state index is -3.75. The second kappa shape index (κ2) is 9.86. The van der Waals surface area contributed by atoms with Gasteiger partial charge in [-0.15, -0.1) is 11.3 Å². The zero-order chi connectivity index (χ0) is 21.7. The first kappa shape index (κ1) is 22.7. The molecule has 7 nitrogen and oxygen atoms in total. The molecule has 0 radical (unpaired) electrons. The van der Waals surface area contributed by atoms with Crippen LogP contribution in [0.1, 0.15) is 53.4 Å². The molecule has 30 heavy (non-hydrogen) atoms. The lowest BCUT2D eigenvalue weighted by Gasteiger charge is -2.13. The van der Waals surface area contributed by atoms with Crippen molar-refractivity contribution < 1.29 is 17.9 Å². The van der Waals surface area contributed by atoms with E-state index in [1.165, 1.54) is 23.4 Å². The van der Waals surface area contributed by atoms with Gasteiger partial charge in [-0.3, -0.25) is 0 Å². The number of anilines is 2. The molecule has 1 aliphatic carbocycles. The number of ether oxygens (including phenoxy) is 1. The molecule has 0 unspecified atom stereocenters. The Bertz CT molecular complexity index is 1030. The Hall–Kier alpha value is -2.01. The zero-order valence-electron chi connectivity index (χ0n) is 16.7. The molecule has 1 aliphatic rings. The maximum absolute atomic E-state index is 12.7. The van der Waals surface area contributed by atoms with E-state index in [1.54, 1.807) is 30.4 Å². The predicted octanol–water partition coefficient (Wildman–Crippen LogP) is 4.04. The number of carbonyl (C=O) groups excluding carboxylic acids is 1. The van der Waals surface area contributed by atoms with E-state index in [2.05, 4.69) is 10.6 Å². The van der Waals surface area contributed by atoms with Crippen molar-refractivity contribution in [1.82, 2.24) is 0 Å². The Morgan fingerprint density at radius 3 is 2.43 bits per heavy atom. The number of primary sulfonamides is 1. The Balaban J connectivity index is 1.81. The summed E-state index contributed by atoms with van der Waals surface area (Å²) in [6.45, 7) is 2.10. The Morgan fingerprint density at radius 2 is 1.80 bits per heavy atom. The van der Waals surface area contributed by atoms with Crippen molar-refractivity contribution in [1.29, 1.82) is 0 Å². The number of hydrogen-bond donors (Lipinski definition) is 3. The van der Waals surface area contributed by atoms with Crippen LogP contribution in [0, 0.1) is 0 Å². The summed E-state index contributed by atoms with van der Waals surface area (Å²) < 4.78 is 28.1. The number of hydrogen-bond acceptors (Lipinski definition) is 6. The average Bonchev–Trinajstić information content (AvgIpc) is 2.97. The molecule has 2 aromatic rings. The third kappa shape index (κ3) is 5.57. The summed E-state index contributed by atoms with van der Waals surface area (Å²) in [7, 11) is -3.75. The van der Waals surface area contributed by atoms with Gasteiger partial charge in [0.25, 0.3) is 0 Å². The standard InChI is InChI=1S/C20H25N3O4S3/c1-2-27-19(24)17-15-7-5-3-4-6-8-16(15)29-18(17)23-20(28)22-13-9-11-14(12-10-13)30(21,25)26/h9-12H,2-8H2,1H3,(H2,21,25,26)(H2,22,23,28). The Labute approximate surface area is 186 Å². The van der Waals surface area contributed by atoms with Crippen LogP contribution in [-0.4, -0.2) is 26.1 Å². The first-order valence-electron chi connectivity index (χ1n) is 9.82. The molecule has 0 saturated carbocycles. The number of carbonyl (C=O) groups is 1. The van der Waals surface area contributed by atoms with Crippen molar-refractivity contribution in [2.24, 2.45) is 5.14 Å². The molecule has 10 heteroatoms. The molecule has 1 aromatic heterocycles. The summed E-state index contributed by atoms with van der Waals surface area (Å²) in [6, 6.07) is 5.96. The first-order chi connectivity index (χ1) is 14.3. The summed E-state index contributed by atoms with van der Waals surface area (Å²) in [5.41, 5.74) is 2.25. The molecular weight excluding hydrogens is 442 g/mol. The third-order valence-corrected chi connectivity index (χ3v) is 7.16. The van der Waals surface area contributed by atoms with Crippen molar-refractivity contribution in [2.45, 2.75) is 50.3 Å². The number of sulfonamides is 1. The molecule has 1 heterocycles. The van der Waals surface area contributed by atoms with Gasteiger partial charge in [0.05, 0.1) is 17.1 Å². The quantitative estimate of drug-likeness (QED) is 0.449. The maximum atomic E-state index is 12.7. The number of nitrogens with two attached hydrogens (primary N) is 1. The average molecular weight is 468 g/mol. The van der Waals surface area contributed by atoms with Crippen molar-refractivity contribution in [3.8, 4) is 0 Å². The van der Waals surface area contributed by atoms with Gasteiger partial charge in [-0.25, -0.2) is 18.4 Å². The molecule has 0 fully saturated rings. The summed E-state index contributed by atoms with van der Waals surface area (Å²) >= 11 is 6.97. The summed E-state index contributed by atoms with van der Waals surface area (Å²) in [5, 5.41) is 12.3. The summed E-state index contributed by atoms with van der Waals surface area (Å²) in [4.78, 5) is 13.9. The summed E-state index contributed by atoms with van der Waals surface area (Å²) in [5.74, 6) is -0.335. The molecule has 4 N–H and O–H groups in total. The van der Waals surface area contributed by atoms with Gasteiger partial charge in [-0.2, -0.15) is 0 Å². The second-order valence-electron chi connectivity index (χ2n) is 6.99. The molecule has 0 atom stereocenters. The van der Waals surface area contributed by atoms with Crippen LogP contribution in [0.2, 0.25) is 0 Å². The van der Waals surface area contributed by atoms with Crippen LogP contribution in [0.25, 0.3) is 0 Å². The largest absolute Gasteiger partial charge is 0.462 e. The lowest BCUT2D eigenvalue weighted by molar-refractivity contribution is 0.0526. The van der Waals surface area contributed by atoms with Crippen molar-refractivity contribution in [2.75, 3.05) is 17.2 Å². The van der Waals surface area contributed by atoms with Gasteiger partial charge < -0.3 is 15.4 Å². The Kier molecular flexibility index (Phi) is 7.45. The van der Waals surface area contributed by atoms with Gasteiger partial charge in [0.2, 0.25) is 10.0 Å². The number of aryl methyl sites for hydroxylation is 1. The number of rotatable bonds is 5. The van der Waals surface area contributed by atoms with E-state index in [1.807, 2.05) is 0 Å². The summed E-state index contributed by atoms with van der Waals surface area (Å²) in [6.07, 6.45) is 6.32. The van der Waals surface area contributed by atoms with Crippen LogP contribution in [0.3, 0.4) is 0 Å². The number of fused-ring (bicyclic) bond motifs is 1. The maximum Gasteiger partial charge on any atom is 0.341 e. The number of nitrogens with one attached hydrogen (secondary N) is 2. The molecule has 0 aliphatic heterocycles. The van der Waals surface area contributed by atoms with Crippen molar-refractivity contribution >= 4 is 55.3 Å². The van der Waals surface area contributed by atoms with Crippen LogP contribution < -0.4 is 15.8 Å². The monoisotopic (exact) mass is 467 g/mol. The minimum Gasteiger partial charge on any atom is -0.462 e. The van der Waals surface area contributed by atoms with Gasteiger partial charge >= 0.3 is 5.97 Å². The zero-order valence-corrected chi connectivity index (χ0v) is 19.1. The van der Waals surface area contributed by atoms with Crippen LogP contribution in [0.15, 0.2) is 29.2 Å². The van der Waals surface area contributed by atoms with E-state index in [4.69, 9.17) is 22.1 Å². The van der Waals surface area contributed by atoms with Crippen molar-refractivity contribution in [3.63, 3.8) is 0 Å². The molecule has 3 rings (SSSR count). The highest BCUT2D eigenvalue weighted by molar-refractivity contribution is 7.89. The molecular formula is C20H25N3O4S3. The second-order valence-corrected chi connectivity index (χ2v) is 10.1. The molecule has 0 bridgehead atoms. The van der Waals surface area contributed by atoms with Gasteiger partial charge in [0, 0.05) is 10.6 Å². The van der Waals surface area contributed by atoms with Crippen LogP contribution >= 0.6 is 23.6 Å². The smallest absolute Gasteiger partial charge is 0.341 e. The van der Waals surface area contributed by atoms with Crippen LogP contribution in [-0.2, 0) is 27.6 Å². The highest BCUT2D eigenvalue weighted by Gasteiger charge is 2.25. The molecule has 162 valence electrons. The molecule has 1 aromatic carbocycles. The number of benzene rings is 1. The van der Waals surface area contributed by atoms with Gasteiger partial charge in [0.1, 0.15) is 5.00 Å². The number of thiocarbonyl (C=S) groups is 1. The normalized spacial score (nSPS) is 14.2. The topological polar surface area (TPSA) is 111 Å². The van der Waals surface area contributed by atoms with Crippen molar-refractivity contribution in [3.05, 3.63) is 40.3 Å². The highest BCUT2D eigenvalue weighted by Crippen LogP contribution is 2.37.